The van der Waals surface area contributed by atoms with Crippen molar-refractivity contribution < 1.29 is 0 Å². The summed E-state index contributed by atoms with van der Waals surface area (Å²) in [5.41, 5.74) is 5.82. The Kier molecular flexibility index (Phi) is 13.2. The van der Waals surface area contributed by atoms with Crippen molar-refractivity contribution in [2.45, 2.75) is 38.5 Å². The number of rotatable bonds is 11. The quantitative estimate of drug-likeness (QED) is 0.231. The first kappa shape index (κ1) is 28.3. The van der Waals surface area contributed by atoms with E-state index in [4.69, 9.17) is 0 Å². The van der Waals surface area contributed by atoms with E-state index in [1.165, 1.54) is 35.1 Å². The number of hydrogen-bond donors (Lipinski definition) is 0. The summed E-state index contributed by atoms with van der Waals surface area (Å²) in [4.78, 5) is 0. The van der Waals surface area contributed by atoms with E-state index < -0.39 is 0 Å². The predicted molar refractivity (Wildman–Crippen MR) is 151 cm³/mol. The first-order valence-electron chi connectivity index (χ1n) is 12.0. The van der Waals surface area contributed by atoms with Gasteiger partial charge in [-0.15, -0.1) is 0 Å². The van der Waals surface area contributed by atoms with E-state index in [2.05, 4.69) is 121 Å². The molecule has 0 N–H and O–H groups in total. The van der Waals surface area contributed by atoms with Crippen molar-refractivity contribution in [2.24, 2.45) is 11.8 Å². The molecule has 0 aliphatic carbocycles. The van der Waals surface area contributed by atoms with Gasteiger partial charge in [0, 0.05) is 0 Å². The maximum Gasteiger partial charge on any atom is -0.0247 e. The fraction of sp³-hybridized carbons (Fsp3) is 0.250. The molecule has 0 nitrogen and oxygen atoms in total. The molecule has 0 atom stereocenters. The second-order valence-electron chi connectivity index (χ2n) is 9.07. The summed E-state index contributed by atoms with van der Waals surface area (Å²) >= 11 is 0. The van der Waals surface area contributed by atoms with Crippen molar-refractivity contribution in [3.8, 4) is 0 Å². The van der Waals surface area contributed by atoms with Gasteiger partial charge in [0.2, 0.25) is 0 Å². The van der Waals surface area contributed by atoms with Crippen molar-refractivity contribution in [3.63, 3.8) is 0 Å². The van der Waals surface area contributed by atoms with Gasteiger partial charge in [-0.05, 0) is 72.6 Å². The van der Waals surface area contributed by atoms with Crippen LogP contribution < -0.4 is 0 Å². The molecule has 34 heavy (non-hydrogen) atoms. The zero-order chi connectivity index (χ0) is 21.8. The summed E-state index contributed by atoms with van der Waals surface area (Å²) in [6.45, 7) is 0. The van der Waals surface area contributed by atoms with Crippen LogP contribution in [-0.4, -0.2) is 37.7 Å². The summed E-state index contributed by atoms with van der Waals surface area (Å²) in [7, 11) is 0. The van der Waals surface area contributed by atoms with E-state index in [0.29, 0.717) is 11.8 Å². The van der Waals surface area contributed by atoms with E-state index in [0.717, 1.165) is 25.7 Å². The molecule has 0 bridgehead atoms. The molecule has 0 saturated heterocycles. The van der Waals surface area contributed by atoms with Crippen LogP contribution in [0.5, 0.6) is 0 Å². The van der Waals surface area contributed by atoms with Gasteiger partial charge >= 0.3 is 37.7 Å². The van der Waals surface area contributed by atoms with Crippen LogP contribution in [0.2, 0.25) is 0 Å². The maximum absolute atomic E-state index is 2.28. The molecule has 0 aliphatic rings. The van der Waals surface area contributed by atoms with Gasteiger partial charge in [-0.2, -0.15) is 0 Å². The first-order chi connectivity index (χ1) is 15.8. The monoisotopic (exact) mass is 434 g/mol. The molecule has 0 amide bonds. The summed E-state index contributed by atoms with van der Waals surface area (Å²) in [6.07, 6.45) is 7.12. The third kappa shape index (κ3) is 9.75. The molecular weight excluding hydrogens is 398 g/mol. The Morgan fingerprint density at radius 2 is 0.529 bits per heavy atom. The van der Waals surface area contributed by atoms with Crippen LogP contribution in [0.4, 0.5) is 0 Å². The molecule has 0 aromatic heterocycles. The Labute approximate surface area is 230 Å². The van der Waals surface area contributed by atoms with Gasteiger partial charge < -0.3 is 0 Å². The molecule has 0 saturated carbocycles. The molecule has 4 aromatic carbocycles. The third-order valence-corrected chi connectivity index (χ3v) is 6.45. The maximum atomic E-state index is 2.28. The van der Waals surface area contributed by atoms with Crippen LogP contribution in [0.1, 0.15) is 35.1 Å². The van der Waals surface area contributed by atoms with Crippen LogP contribution in [-0.2, 0) is 25.7 Å². The molecule has 166 valence electrons. The molecule has 4 rings (SSSR count). The van der Waals surface area contributed by atoms with Gasteiger partial charge in [0.1, 0.15) is 0 Å². The Morgan fingerprint density at radius 1 is 0.324 bits per heavy atom. The van der Waals surface area contributed by atoms with E-state index in [1.807, 2.05) is 0 Å². The van der Waals surface area contributed by atoms with E-state index in [-0.39, 0.29) is 37.7 Å². The summed E-state index contributed by atoms with van der Waals surface area (Å²) in [5.74, 6) is 1.32. The van der Waals surface area contributed by atoms with E-state index in [1.54, 1.807) is 0 Å². The van der Waals surface area contributed by atoms with Crippen molar-refractivity contribution in [1.82, 2.24) is 0 Å². The average Bonchev–Trinajstić information content (AvgIpc) is 2.85. The van der Waals surface area contributed by atoms with Gasteiger partial charge in [0.15, 0.2) is 0 Å². The second-order valence-corrected chi connectivity index (χ2v) is 9.07. The molecule has 0 aliphatic heterocycles. The largest absolute Gasteiger partial charge is 0.0622 e. The summed E-state index contributed by atoms with van der Waals surface area (Å²) in [6, 6.07) is 44.1. The van der Waals surface area contributed by atoms with Gasteiger partial charge in [-0.1, -0.05) is 121 Å². The average molecular weight is 435 g/mol. The fourth-order valence-corrected chi connectivity index (χ4v) is 4.81. The number of hydrogen-bond acceptors (Lipinski definition) is 0. The topological polar surface area (TPSA) is 0 Å². The second kappa shape index (κ2) is 15.9. The normalized spacial score (nSPS) is 10.5. The Morgan fingerprint density at radius 3 is 0.735 bits per heavy atom. The summed E-state index contributed by atoms with van der Waals surface area (Å²) < 4.78 is 0. The zero-order valence-electron chi connectivity index (χ0n) is 18.9. The fourth-order valence-electron chi connectivity index (χ4n) is 4.81. The van der Waals surface area contributed by atoms with Crippen LogP contribution in [0, 0.1) is 11.8 Å². The molecule has 4 aromatic rings. The van der Waals surface area contributed by atoms with Gasteiger partial charge in [-0.25, -0.2) is 0 Å². The minimum absolute atomic E-state index is 0. The molecule has 0 fully saturated rings. The van der Waals surface area contributed by atoms with E-state index >= 15 is 0 Å². The van der Waals surface area contributed by atoms with Crippen molar-refractivity contribution >= 4 is 37.7 Å². The predicted octanol–water partition coefficient (Wildman–Crippen LogP) is 6.67. The van der Waals surface area contributed by atoms with Gasteiger partial charge in [-0.3, -0.25) is 0 Å². The standard InChI is InChI=1S/C32H34.2Li.2H/c1-5-13-27(14-6-1)23-31(24-28-15-7-2-8-16-28)21-22-32(25-29-17-9-3-10-18-29)26-30-19-11-4-12-20-30;;;;/h1-20,31-32H,21-26H2;;;;. The molecule has 0 radical (unpaired) electrons. The molecular formula is C32H36Li2. The van der Waals surface area contributed by atoms with Crippen molar-refractivity contribution in [3.05, 3.63) is 144 Å². The van der Waals surface area contributed by atoms with Crippen molar-refractivity contribution in [2.75, 3.05) is 0 Å². The number of benzene rings is 4. The zero-order valence-corrected chi connectivity index (χ0v) is 18.9. The minimum Gasteiger partial charge on any atom is -0.0622 e. The molecule has 0 heterocycles. The summed E-state index contributed by atoms with van der Waals surface area (Å²) in [5, 5.41) is 0. The smallest absolute Gasteiger partial charge is 0.0247 e. The molecule has 0 spiro atoms. The molecule has 0 unspecified atom stereocenters. The Bertz CT molecular complexity index is 848. The van der Waals surface area contributed by atoms with Crippen molar-refractivity contribution in [1.29, 1.82) is 0 Å². The Balaban J connectivity index is 0.00000204. The van der Waals surface area contributed by atoms with Gasteiger partial charge in [0.25, 0.3) is 0 Å². The first-order valence-corrected chi connectivity index (χ1v) is 12.0. The molecule has 2 heteroatoms. The third-order valence-electron chi connectivity index (χ3n) is 6.45. The minimum atomic E-state index is 0. The van der Waals surface area contributed by atoms with Crippen LogP contribution in [0.3, 0.4) is 0 Å². The Hall–Kier alpha value is -1.93. The van der Waals surface area contributed by atoms with Gasteiger partial charge in [0.05, 0.1) is 0 Å². The SMILES string of the molecule is [LiH].[LiH].c1ccc(CC(CCC(Cc2ccccc2)Cc2ccccc2)Cc2ccccc2)cc1. The van der Waals surface area contributed by atoms with Crippen LogP contribution in [0.15, 0.2) is 121 Å². The van der Waals surface area contributed by atoms with E-state index in [9.17, 15) is 0 Å². The van der Waals surface area contributed by atoms with Crippen LogP contribution in [0.25, 0.3) is 0 Å². The van der Waals surface area contributed by atoms with Crippen LogP contribution >= 0.6 is 0 Å².